The fourth-order valence-electron chi connectivity index (χ4n) is 2.49. The van der Waals surface area contributed by atoms with Crippen molar-refractivity contribution < 1.29 is 9.90 Å². The zero-order valence-corrected chi connectivity index (χ0v) is 13.2. The van der Waals surface area contributed by atoms with Crippen molar-refractivity contribution in [3.05, 3.63) is 33.8 Å². The minimum Gasteiger partial charge on any atom is -0.481 e. The number of likely N-dealkylation sites (N-methyl/N-ethyl adjacent to an activating group) is 1. The molecular weight excluding hydrogens is 306 g/mol. The number of likely N-dealkylation sites (tertiary alicyclic amines) is 1. The molecule has 1 aliphatic heterocycles. The van der Waals surface area contributed by atoms with Gasteiger partial charge in [0.15, 0.2) is 0 Å². The first-order valence-corrected chi connectivity index (χ1v) is 7.29. The summed E-state index contributed by atoms with van der Waals surface area (Å²) < 4.78 is 1.10. The van der Waals surface area contributed by atoms with Gasteiger partial charge in [-0.05, 0) is 44.5 Å². The van der Waals surface area contributed by atoms with E-state index in [0.717, 1.165) is 23.1 Å². The number of halogens is 1. The van der Waals surface area contributed by atoms with Crippen LogP contribution in [-0.4, -0.2) is 36.1 Å². The van der Waals surface area contributed by atoms with E-state index >= 15 is 0 Å². The Morgan fingerprint density at radius 3 is 2.58 bits per heavy atom. The summed E-state index contributed by atoms with van der Waals surface area (Å²) in [5, 5.41) is 9.17. The second kappa shape index (κ2) is 5.25. The Morgan fingerprint density at radius 1 is 1.47 bits per heavy atom. The summed E-state index contributed by atoms with van der Waals surface area (Å²) in [6.45, 7) is 5.72. The first kappa shape index (κ1) is 14.5. The van der Waals surface area contributed by atoms with Crippen molar-refractivity contribution in [1.29, 1.82) is 0 Å². The van der Waals surface area contributed by atoms with Crippen LogP contribution in [0.1, 0.15) is 30.9 Å². The maximum absolute atomic E-state index is 11.2. The number of carboxylic acids is 1. The van der Waals surface area contributed by atoms with Crippen LogP contribution in [0.4, 0.5) is 0 Å². The van der Waals surface area contributed by atoms with Gasteiger partial charge < -0.3 is 10.0 Å². The minimum atomic E-state index is -0.756. The molecule has 0 aromatic heterocycles. The van der Waals surface area contributed by atoms with Crippen LogP contribution in [0, 0.1) is 5.41 Å². The molecule has 0 aliphatic carbocycles. The van der Waals surface area contributed by atoms with Crippen LogP contribution >= 0.6 is 15.9 Å². The highest BCUT2D eigenvalue weighted by atomic mass is 79.9. The molecule has 1 aromatic rings. The molecule has 0 saturated carbocycles. The Morgan fingerprint density at radius 2 is 2.11 bits per heavy atom. The van der Waals surface area contributed by atoms with Gasteiger partial charge in [0.2, 0.25) is 0 Å². The molecule has 0 atom stereocenters. The third kappa shape index (κ3) is 3.18. The minimum absolute atomic E-state index is 0.547. The SMILES string of the molecule is CN1CC(c2ccc(CC(C)(C)C(=O)O)cc2Br)C1. The quantitative estimate of drug-likeness (QED) is 0.924. The molecular formula is C15H20BrNO2. The Labute approximate surface area is 122 Å². The van der Waals surface area contributed by atoms with Gasteiger partial charge in [-0.1, -0.05) is 28.1 Å². The van der Waals surface area contributed by atoms with Crippen LogP contribution in [0.2, 0.25) is 0 Å². The van der Waals surface area contributed by atoms with Crippen molar-refractivity contribution >= 4 is 21.9 Å². The number of nitrogens with zero attached hydrogens (tertiary/aromatic N) is 1. The highest BCUT2D eigenvalue weighted by molar-refractivity contribution is 9.10. The van der Waals surface area contributed by atoms with Gasteiger partial charge in [-0.25, -0.2) is 0 Å². The number of carboxylic acid groups (broad SMARTS) is 1. The fraction of sp³-hybridized carbons (Fsp3) is 0.533. The van der Waals surface area contributed by atoms with Gasteiger partial charge >= 0.3 is 5.97 Å². The van der Waals surface area contributed by atoms with Gasteiger partial charge in [0, 0.05) is 23.5 Å². The Kier molecular flexibility index (Phi) is 4.02. The zero-order valence-electron chi connectivity index (χ0n) is 11.6. The van der Waals surface area contributed by atoms with Crippen LogP contribution in [0.15, 0.2) is 22.7 Å². The second-order valence-corrected chi connectivity index (χ2v) is 6.99. The van der Waals surface area contributed by atoms with Crippen molar-refractivity contribution in [2.24, 2.45) is 5.41 Å². The number of carbonyl (C=O) groups is 1. The molecule has 0 amide bonds. The van der Waals surface area contributed by atoms with Crippen molar-refractivity contribution in [2.45, 2.75) is 26.2 Å². The summed E-state index contributed by atoms with van der Waals surface area (Å²) in [7, 11) is 2.12. The number of hydrogen-bond donors (Lipinski definition) is 1. The number of hydrogen-bond acceptors (Lipinski definition) is 2. The molecule has 1 aromatic carbocycles. The highest BCUT2D eigenvalue weighted by Crippen LogP contribution is 2.33. The number of rotatable bonds is 4. The molecule has 0 unspecified atom stereocenters. The topological polar surface area (TPSA) is 40.5 Å². The zero-order chi connectivity index (χ0) is 14.2. The predicted octanol–water partition coefficient (Wildman–Crippen LogP) is 3.13. The largest absolute Gasteiger partial charge is 0.481 e. The lowest BCUT2D eigenvalue weighted by Gasteiger charge is -2.37. The summed E-state index contributed by atoms with van der Waals surface area (Å²) in [4.78, 5) is 13.5. The monoisotopic (exact) mass is 325 g/mol. The molecule has 1 heterocycles. The third-order valence-corrected chi connectivity index (χ3v) is 4.48. The molecule has 3 nitrogen and oxygen atoms in total. The van der Waals surface area contributed by atoms with Crippen molar-refractivity contribution in [3.8, 4) is 0 Å². The van der Waals surface area contributed by atoms with E-state index in [1.54, 1.807) is 13.8 Å². The van der Waals surface area contributed by atoms with Gasteiger partial charge in [0.1, 0.15) is 0 Å². The van der Waals surface area contributed by atoms with Crippen molar-refractivity contribution in [3.63, 3.8) is 0 Å². The molecule has 0 radical (unpaired) electrons. The van der Waals surface area contributed by atoms with E-state index in [9.17, 15) is 9.90 Å². The maximum atomic E-state index is 11.2. The predicted molar refractivity (Wildman–Crippen MR) is 79.5 cm³/mol. The van der Waals surface area contributed by atoms with E-state index in [1.165, 1.54) is 5.56 Å². The summed E-state index contributed by atoms with van der Waals surface area (Å²) >= 11 is 3.62. The van der Waals surface area contributed by atoms with Crippen LogP contribution in [-0.2, 0) is 11.2 Å². The van der Waals surface area contributed by atoms with Crippen LogP contribution in [0.3, 0.4) is 0 Å². The average molecular weight is 326 g/mol. The van der Waals surface area contributed by atoms with Crippen LogP contribution in [0.5, 0.6) is 0 Å². The Balaban J connectivity index is 2.13. The smallest absolute Gasteiger partial charge is 0.309 e. The molecule has 104 valence electrons. The maximum Gasteiger partial charge on any atom is 0.309 e. The van der Waals surface area contributed by atoms with E-state index in [0.29, 0.717) is 12.3 Å². The standard InChI is InChI=1S/C15H20BrNO2/c1-15(2,14(18)19)7-10-4-5-12(13(16)6-10)11-8-17(3)9-11/h4-6,11H,7-9H2,1-3H3,(H,18,19). The average Bonchev–Trinajstić information content (AvgIpc) is 2.25. The van der Waals surface area contributed by atoms with Gasteiger partial charge in [-0.2, -0.15) is 0 Å². The van der Waals surface area contributed by atoms with E-state index < -0.39 is 11.4 Å². The van der Waals surface area contributed by atoms with E-state index in [4.69, 9.17) is 0 Å². The molecule has 19 heavy (non-hydrogen) atoms. The summed E-state index contributed by atoms with van der Waals surface area (Å²) in [6, 6.07) is 6.26. The Hall–Kier alpha value is -0.870. The molecule has 2 rings (SSSR count). The molecule has 1 N–H and O–H groups in total. The fourth-order valence-corrected chi connectivity index (χ4v) is 3.24. The van der Waals surface area contributed by atoms with Crippen LogP contribution < -0.4 is 0 Å². The van der Waals surface area contributed by atoms with Crippen molar-refractivity contribution in [1.82, 2.24) is 4.90 Å². The lowest BCUT2D eigenvalue weighted by molar-refractivity contribution is -0.146. The van der Waals surface area contributed by atoms with E-state index in [2.05, 4.69) is 46.1 Å². The molecule has 4 heteroatoms. The molecule has 0 spiro atoms. The first-order valence-electron chi connectivity index (χ1n) is 6.50. The first-order chi connectivity index (χ1) is 8.79. The molecule has 1 aliphatic rings. The summed E-state index contributed by atoms with van der Waals surface area (Å²) in [6.07, 6.45) is 0.547. The van der Waals surface area contributed by atoms with Crippen molar-refractivity contribution in [2.75, 3.05) is 20.1 Å². The normalized spacial score (nSPS) is 17.3. The third-order valence-electron chi connectivity index (χ3n) is 3.79. The van der Waals surface area contributed by atoms with Crippen LogP contribution in [0.25, 0.3) is 0 Å². The van der Waals surface area contributed by atoms with Gasteiger partial charge in [0.05, 0.1) is 5.41 Å². The summed E-state index contributed by atoms with van der Waals surface area (Å²) in [5.74, 6) is -0.158. The lowest BCUT2D eigenvalue weighted by Crippen LogP contribution is -2.41. The molecule has 1 saturated heterocycles. The molecule has 1 fully saturated rings. The number of aliphatic carboxylic acids is 1. The second-order valence-electron chi connectivity index (χ2n) is 6.14. The van der Waals surface area contributed by atoms with E-state index in [1.807, 2.05) is 0 Å². The molecule has 0 bridgehead atoms. The van der Waals surface area contributed by atoms with E-state index in [-0.39, 0.29) is 0 Å². The van der Waals surface area contributed by atoms with Gasteiger partial charge in [0.25, 0.3) is 0 Å². The van der Waals surface area contributed by atoms with Gasteiger partial charge in [-0.15, -0.1) is 0 Å². The highest BCUT2D eigenvalue weighted by Gasteiger charge is 2.29. The number of benzene rings is 1. The lowest BCUT2D eigenvalue weighted by atomic mass is 9.84. The van der Waals surface area contributed by atoms with Gasteiger partial charge in [-0.3, -0.25) is 4.79 Å². The summed E-state index contributed by atoms with van der Waals surface area (Å²) in [5.41, 5.74) is 1.67. The Bertz CT molecular complexity index is 493.